The van der Waals surface area contributed by atoms with Crippen LogP contribution in [-0.4, -0.2) is 48.7 Å². The molecule has 3 N–H and O–H groups in total. The highest BCUT2D eigenvalue weighted by molar-refractivity contribution is 8.26. The zero-order valence-electron chi connectivity index (χ0n) is 19.1. The number of carboxylic acids is 1. The van der Waals surface area contributed by atoms with E-state index in [1.54, 1.807) is 12.1 Å². The van der Waals surface area contributed by atoms with Crippen LogP contribution in [0.2, 0.25) is 0 Å². The number of halogens is 3. The lowest BCUT2D eigenvalue weighted by molar-refractivity contribution is -0.122. The molecule has 3 aromatic rings. The Labute approximate surface area is 222 Å². The lowest BCUT2D eigenvalue weighted by Crippen LogP contribution is -2.31. The summed E-state index contributed by atoms with van der Waals surface area (Å²) in [6, 6.07) is 9.78. The van der Waals surface area contributed by atoms with E-state index < -0.39 is 41.0 Å². The van der Waals surface area contributed by atoms with Crippen LogP contribution >= 0.6 is 24.0 Å². The molecule has 1 aliphatic rings. The first-order chi connectivity index (χ1) is 18.0. The first kappa shape index (κ1) is 26.8. The van der Waals surface area contributed by atoms with E-state index in [1.807, 2.05) is 0 Å². The van der Waals surface area contributed by atoms with Crippen LogP contribution < -0.4 is 5.32 Å². The van der Waals surface area contributed by atoms with Gasteiger partial charge in [-0.25, -0.2) is 22.9 Å². The molecule has 0 bridgehead atoms. The monoisotopic (exact) mass is 559 g/mol. The number of benzene rings is 2. The number of aromatic hydroxyl groups is 1. The number of rotatable bonds is 7. The molecule has 1 aromatic heterocycles. The number of pyridine rings is 1. The zero-order valence-corrected chi connectivity index (χ0v) is 20.7. The predicted molar refractivity (Wildman–Crippen MR) is 138 cm³/mol. The summed E-state index contributed by atoms with van der Waals surface area (Å²) in [4.78, 5) is 41.9. The van der Waals surface area contributed by atoms with Gasteiger partial charge in [0.1, 0.15) is 15.6 Å². The normalized spacial score (nSPS) is 14.3. The number of thiocarbonyl (C=S) groups is 1. The van der Waals surface area contributed by atoms with Gasteiger partial charge in [-0.1, -0.05) is 30.0 Å². The highest BCUT2D eigenvalue weighted by Crippen LogP contribution is 2.33. The highest BCUT2D eigenvalue weighted by atomic mass is 32.2. The van der Waals surface area contributed by atoms with Crippen molar-refractivity contribution in [3.05, 3.63) is 82.1 Å². The van der Waals surface area contributed by atoms with E-state index in [0.29, 0.717) is 0 Å². The standard InChI is InChI=1S/C25H16F3N3O5S2/c26-16-8-12(9-17(27)22(16)28)18-3-1-2-13(29-18)11-20-23(34)31(25(37)38-20)7-6-21(33)30-14-4-5-15(24(35)36)19(32)10-14/h1-5,8-11,32H,6-7H2,(H,30,33)(H,35,36)/b20-11-. The Morgan fingerprint density at radius 1 is 1.11 bits per heavy atom. The summed E-state index contributed by atoms with van der Waals surface area (Å²) in [7, 11) is 0. The first-order valence-corrected chi connectivity index (χ1v) is 12.0. The Morgan fingerprint density at radius 3 is 2.47 bits per heavy atom. The molecule has 0 spiro atoms. The van der Waals surface area contributed by atoms with E-state index >= 15 is 0 Å². The molecule has 13 heteroatoms. The summed E-state index contributed by atoms with van der Waals surface area (Å²) in [6.07, 6.45) is 1.29. The Morgan fingerprint density at radius 2 is 1.82 bits per heavy atom. The highest BCUT2D eigenvalue weighted by Gasteiger charge is 2.32. The van der Waals surface area contributed by atoms with E-state index in [0.717, 1.165) is 36.0 Å². The molecule has 0 saturated carbocycles. The lowest BCUT2D eigenvalue weighted by atomic mass is 10.1. The fourth-order valence-corrected chi connectivity index (χ4v) is 4.74. The van der Waals surface area contributed by atoms with Crippen LogP contribution in [0, 0.1) is 17.5 Å². The molecule has 2 amide bonds. The number of carbonyl (C=O) groups is 3. The van der Waals surface area contributed by atoms with Crippen molar-refractivity contribution in [1.82, 2.24) is 9.88 Å². The second-order valence-corrected chi connectivity index (χ2v) is 9.55. The lowest BCUT2D eigenvalue weighted by Gasteiger charge is -2.14. The number of nitrogens with one attached hydrogen (secondary N) is 1. The Hall–Kier alpha value is -4.23. The summed E-state index contributed by atoms with van der Waals surface area (Å²) >= 11 is 6.25. The fourth-order valence-electron chi connectivity index (χ4n) is 3.45. The number of phenols is 1. The van der Waals surface area contributed by atoms with Gasteiger partial charge in [0, 0.05) is 30.3 Å². The Balaban J connectivity index is 1.42. The number of carbonyl (C=O) groups excluding carboxylic acids is 2. The average molecular weight is 560 g/mol. The molecule has 1 saturated heterocycles. The molecule has 2 heterocycles. The maximum atomic E-state index is 13.6. The van der Waals surface area contributed by atoms with Gasteiger partial charge in [-0.15, -0.1) is 0 Å². The van der Waals surface area contributed by atoms with Gasteiger partial charge in [0.05, 0.1) is 16.3 Å². The maximum Gasteiger partial charge on any atom is 0.339 e. The van der Waals surface area contributed by atoms with Gasteiger partial charge in [0.2, 0.25) is 5.91 Å². The number of carboxylic acid groups (broad SMARTS) is 1. The number of aromatic carboxylic acids is 1. The Kier molecular flexibility index (Phi) is 7.78. The molecule has 1 fully saturated rings. The van der Waals surface area contributed by atoms with E-state index in [9.17, 15) is 32.7 Å². The van der Waals surface area contributed by atoms with Crippen molar-refractivity contribution >= 4 is 57.8 Å². The van der Waals surface area contributed by atoms with Gasteiger partial charge >= 0.3 is 5.97 Å². The molecule has 1 aliphatic heterocycles. The molecule has 2 aromatic carbocycles. The number of aromatic nitrogens is 1. The largest absolute Gasteiger partial charge is 0.507 e. The van der Waals surface area contributed by atoms with Gasteiger partial charge in [-0.2, -0.15) is 0 Å². The summed E-state index contributed by atoms with van der Waals surface area (Å²) in [6.45, 7) is -0.0470. The van der Waals surface area contributed by atoms with Gasteiger partial charge in [-0.3, -0.25) is 14.5 Å². The predicted octanol–water partition coefficient (Wildman–Crippen LogP) is 4.80. The van der Waals surface area contributed by atoms with Crippen molar-refractivity contribution in [2.45, 2.75) is 6.42 Å². The second-order valence-electron chi connectivity index (χ2n) is 7.87. The molecule has 0 aliphatic carbocycles. The van der Waals surface area contributed by atoms with Crippen LogP contribution in [0.25, 0.3) is 17.3 Å². The van der Waals surface area contributed by atoms with Crippen molar-refractivity contribution in [3.63, 3.8) is 0 Å². The van der Waals surface area contributed by atoms with Gasteiger partial charge in [0.15, 0.2) is 17.5 Å². The quantitative estimate of drug-likeness (QED) is 0.215. The summed E-state index contributed by atoms with van der Waals surface area (Å²) in [5.41, 5.74) is 0.321. The average Bonchev–Trinajstić information content (AvgIpc) is 3.12. The summed E-state index contributed by atoms with van der Waals surface area (Å²) < 4.78 is 40.7. The molecule has 0 atom stereocenters. The third-order valence-electron chi connectivity index (χ3n) is 5.28. The SMILES string of the molecule is O=C(CCN1C(=O)/C(=C/c2cccc(-c3cc(F)c(F)c(F)c3)n2)SC1=S)Nc1ccc(C(=O)O)c(O)c1. The summed E-state index contributed by atoms with van der Waals surface area (Å²) in [5.74, 6) is -7.09. The van der Waals surface area contributed by atoms with E-state index in [4.69, 9.17) is 17.3 Å². The smallest absolute Gasteiger partial charge is 0.339 e. The van der Waals surface area contributed by atoms with Gasteiger partial charge in [-0.05, 0) is 42.5 Å². The summed E-state index contributed by atoms with van der Waals surface area (Å²) in [5, 5.41) is 21.2. The van der Waals surface area contributed by atoms with Crippen LogP contribution in [-0.2, 0) is 9.59 Å². The van der Waals surface area contributed by atoms with Gasteiger partial charge in [0.25, 0.3) is 5.91 Å². The Bertz CT molecular complexity index is 1510. The third-order valence-corrected chi connectivity index (χ3v) is 6.65. The molecule has 0 unspecified atom stereocenters. The topological polar surface area (TPSA) is 120 Å². The number of anilines is 1. The first-order valence-electron chi connectivity index (χ1n) is 10.8. The van der Waals surface area contributed by atoms with Crippen LogP contribution in [0.3, 0.4) is 0 Å². The van der Waals surface area contributed by atoms with E-state index in [1.165, 1.54) is 23.1 Å². The van der Waals surface area contributed by atoms with Crippen molar-refractivity contribution in [2.24, 2.45) is 0 Å². The molecule has 4 rings (SSSR count). The van der Waals surface area contributed by atoms with Crippen LogP contribution in [0.15, 0.2) is 53.4 Å². The number of amides is 2. The van der Waals surface area contributed by atoms with Crippen molar-refractivity contribution in [2.75, 3.05) is 11.9 Å². The van der Waals surface area contributed by atoms with E-state index in [2.05, 4.69) is 10.3 Å². The van der Waals surface area contributed by atoms with Crippen LogP contribution in [0.1, 0.15) is 22.5 Å². The number of hydrogen-bond acceptors (Lipinski definition) is 7. The third kappa shape index (κ3) is 5.84. The van der Waals surface area contributed by atoms with Crippen molar-refractivity contribution in [1.29, 1.82) is 0 Å². The van der Waals surface area contributed by atoms with Crippen molar-refractivity contribution < 1.29 is 37.8 Å². The molecule has 38 heavy (non-hydrogen) atoms. The fraction of sp³-hybridized carbons (Fsp3) is 0.0800. The number of hydrogen-bond donors (Lipinski definition) is 3. The molecule has 194 valence electrons. The van der Waals surface area contributed by atoms with Gasteiger partial charge < -0.3 is 15.5 Å². The molecule has 8 nitrogen and oxygen atoms in total. The number of thioether (sulfide) groups is 1. The minimum absolute atomic E-state index is 0.0149. The molecule has 0 radical (unpaired) electrons. The minimum atomic E-state index is -1.59. The van der Waals surface area contributed by atoms with Crippen molar-refractivity contribution in [3.8, 4) is 17.0 Å². The van der Waals surface area contributed by atoms with E-state index in [-0.39, 0.29) is 50.4 Å². The molecular weight excluding hydrogens is 543 g/mol. The zero-order chi connectivity index (χ0) is 27.6. The minimum Gasteiger partial charge on any atom is -0.507 e. The van der Waals surface area contributed by atoms with Crippen LogP contribution in [0.5, 0.6) is 5.75 Å². The second kappa shape index (κ2) is 11.0. The maximum absolute atomic E-state index is 13.6. The van der Waals surface area contributed by atoms with Crippen LogP contribution in [0.4, 0.5) is 18.9 Å². The molecular formula is C25H16F3N3O5S2. The number of nitrogens with zero attached hydrogens (tertiary/aromatic N) is 2.